The second-order valence-corrected chi connectivity index (χ2v) is 12.1. The van der Waals surface area contributed by atoms with Crippen LogP contribution in [0.5, 0.6) is 0 Å². The number of nitriles is 2. The molecule has 24 heavy (non-hydrogen) atoms. The topological polar surface area (TPSA) is 47.6 Å². The van der Waals surface area contributed by atoms with E-state index in [2.05, 4.69) is 60.7 Å². The van der Waals surface area contributed by atoms with Crippen molar-refractivity contribution >= 4 is 41.1 Å². The van der Waals surface area contributed by atoms with Crippen molar-refractivity contribution < 1.29 is 0 Å². The summed E-state index contributed by atoms with van der Waals surface area (Å²) in [6.45, 7) is 0. The van der Waals surface area contributed by atoms with Crippen molar-refractivity contribution in [1.29, 1.82) is 10.5 Å². The molecule has 0 amide bonds. The van der Waals surface area contributed by atoms with Crippen molar-refractivity contribution in [3.63, 3.8) is 0 Å². The van der Waals surface area contributed by atoms with Gasteiger partial charge >= 0.3 is 156 Å². The van der Waals surface area contributed by atoms with Crippen molar-refractivity contribution in [3.05, 3.63) is 71.8 Å². The first-order chi connectivity index (χ1) is 11.8. The Bertz CT molecular complexity index is 816. The Morgan fingerprint density at radius 1 is 0.917 bits per heavy atom. The van der Waals surface area contributed by atoms with E-state index in [0.29, 0.717) is 5.32 Å². The summed E-state index contributed by atoms with van der Waals surface area (Å²) in [6, 6.07) is 25.7. The quantitative estimate of drug-likeness (QED) is 0.659. The molecule has 4 heteroatoms. The van der Waals surface area contributed by atoms with E-state index in [1.807, 2.05) is 12.1 Å². The summed E-state index contributed by atoms with van der Waals surface area (Å²) in [6.07, 6.45) is 0.777. The Hall–Kier alpha value is -1.80. The van der Waals surface area contributed by atoms with Crippen LogP contribution in [0.1, 0.15) is 17.5 Å². The summed E-state index contributed by atoms with van der Waals surface area (Å²) < 4.78 is -0.292. The fourth-order valence-corrected chi connectivity index (χ4v) is 8.63. The predicted octanol–water partition coefficient (Wildman–Crippen LogP) is 4.41. The van der Waals surface area contributed by atoms with Crippen LogP contribution in [0, 0.1) is 22.7 Å². The van der Waals surface area contributed by atoms with Crippen LogP contribution in [0.15, 0.2) is 60.7 Å². The average Bonchev–Trinajstić information content (AvgIpc) is 2.67. The molecule has 0 fully saturated rings. The Morgan fingerprint density at radius 2 is 1.50 bits per heavy atom. The van der Waals surface area contributed by atoms with Gasteiger partial charge in [0.2, 0.25) is 0 Å². The van der Waals surface area contributed by atoms with Crippen molar-refractivity contribution in [2.24, 2.45) is 0 Å². The van der Waals surface area contributed by atoms with Gasteiger partial charge in [0.05, 0.1) is 0 Å². The van der Waals surface area contributed by atoms with E-state index in [4.69, 9.17) is 5.26 Å². The van der Waals surface area contributed by atoms with Crippen LogP contribution >= 0.6 is 0 Å². The first kappa shape index (κ1) is 17.0. The summed E-state index contributed by atoms with van der Waals surface area (Å²) >= 11 is 0.265. The summed E-state index contributed by atoms with van der Waals surface area (Å²) in [4.78, 5) is 0. The fraction of sp³-hybridized carbons (Fsp3) is 0.200. The van der Waals surface area contributed by atoms with Gasteiger partial charge in [-0.2, -0.15) is 0 Å². The molecule has 3 rings (SSSR count). The zero-order valence-electron chi connectivity index (χ0n) is 13.1. The number of nitrogens with zero attached hydrogens (tertiary/aromatic N) is 2. The molecular weight excluding hydrogens is 426 g/mol. The molecule has 2 aromatic rings. The van der Waals surface area contributed by atoms with E-state index >= 15 is 0 Å². The van der Waals surface area contributed by atoms with Gasteiger partial charge in [-0.05, 0) is 0 Å². The molecule has 0 aliphatic carbocycles. The molecule has 118 valence electrons. The summed E-state index contributed by atoms with van der Waals surface area (Å²) in [5.74, 6) is 0. The van der Waals surface area contributed by atoms with E-state index in [-0.39, 0.29) is 33.1 Å². The molecule has 1 aliphatic rings. The first-order valence-electron chi connectivity index (χ1n) is 7.67. The SMILES string of the molecule is N#CC[Se]C1(C#N)CC(c2ccccc2)=C(c2ccccc2)C[Se]1. The molecule has 0 saturated heterocycles. The molecule has 1 heterocycles. The third kappa shape index (κ3) is 3.64. The van der Waals surface area contributed by atoms with Crippen LogP contribution in [-0.2, 0) is 0 Å². The first-order valence-corrected chi connectivity index (χ1v) is 11.8. The maximum absolute atomic E-state index is 9.84. The van der Waals surface area contributed by atoms with Crippen LogP contribution in [0.4, 0.5) is 0 Å². The Kier molecular flexibility index (Phi) is 5.57. The van der Waals surface area contributed by atoms with Crippen LogP contribution < -0.4 is 0 Å². The summed E-state index contributed by atoms with van der Waals surface area (Å²) in [5, 5.41) is 20.3. The molecule has 0 aromatic heterocycles. The van der Waals surface area contributed by atoms with E-state index in [1.165, 1.54) is 22.3 Å². The minimum atomic E-state index is -0.292. The van der Waals surface area contributed by atoms with E-state index in [0.717, 1.165) is 11.7 Å². The van der Waals surface area contributed by atoms with Crippen molar-refractivity contribution in [2.45, 2.75) is 20.3 Å². The predicted molar refractivity (Wildman–Crippen MR) is 99.4 cm³/mol. The summed E-state index contributed by atoms with van der Waals surface area (Å²) in [7, 11) is 0. The van der Waals surface area contributed by atoms with Crippen molar-refractivity contribution in [2.75, 3.05) is 0 Å². The molecule has 0 spiro atoms. The monoisotopic (exact) mass is 444 g/mol. The van der Waals surface area contributed by atoms with Gasteiger partial charge < -0.3 is 0 Å². The third-order valence-corrected chi connectivity index (χ3v) is 11.0. The standard InChI is InChI=1S/C20H16N2Se2/c21-11-12-23-20(15-22)13-18(16-7-3-1-4-8-16)19(14-24-20)17-9-5-2-6-10-17/h1-10H,12-14H2. The molecule has 1 atom stereocenters. The fourth-order valence-electron chi connectivity index (χ4n) is 2.82. The van der Waals surface area contributed by atoms with Gasteiger partial charge in [-0.15, -0.1) is 0 Å². The molecule has 0 N–H and O–H groups in total. The minimum absolute atomic E-state index is 0.0543. The second kappa shape index (κ2) is 7.85. The Morgan fingerprint density at radius 3 is 2.04 bits per heavy atom. The molecule has 1 unspecified atom stereocenters. The maximum atomic E-state index is 9.84. The van der Waals surface area contributed by atoms with Gasteiger partial charge in [0.25, 0.3) is 0 Å². The molecule has 1 aliphatic heterocycles. The summed E-state index contributed by atoms with van der Waals surface area (Å²) in [5.41, 5.74) is 5.13. The molecule has 2 aromatic carbocycles. The Labute approximate surface area is 155 Å². The van der Waals surface area contributed by atoms with Crippen LogP contribution in [-0.4, -0.2) is 29.9 Å². The van der Waals surface area contributed by atoms with Crippen molar-refractivity contribution in [1.82, 2.24) is 0 Å². The van der Waals surface area contributed by atoms with Gasteiger partial charge in [-0.1, -0.05) is 0 Å². The Balaban J connectivity index is 2.07. The van der Waals surface area contributed by atoms with Gasteiger partial charge in [0.1, 0.15) is 0 Å². The average molecular weight is 442 g/mol. The number of hydrogen-bond donors (Lipinski definition) is 0. The number of hydrogen-bond acceptors (Lipinski definition) is 2. The van der Waals surface area contributed by atoms with Gasteiger partial charge in [0, 0.05) is 0 Å². The molecule has 0 bridgehead atoms. The number of allylic oxidation sites excluding steroid dienone is 2. The third-order valence-electron chi connectivity index (χ3n) is 4.01. The number of rotatable bonds is 4. The zero-order valence-corrected chi connectivity index (χ0v) is 16.5. The van der Waals surface area contributed by atoms with Gasteiger partial charge in [-0.25, -0.2) is 0 Å². The van der Waals surface area contributed by atoms with E-state index in [1.54, 1.807) is 0 Å². The van der Waals surface area contributed by atoms with E-state index in [9.17, 15) is 5.26 Å². The van der Waals surface area contributed by atoms with Gasteiger partial charge in [0.15, 0.2) is 0 Å². The zero-order chi connectivity index (χ0) is 16.8. The van der Waals surface area contributed by atoms with Crippen LogP contribution in [0.3, 0.4) is 0 Å². The van der Waals surface area contributed by atoms with Crippen LogP contribution in [0.2, 0.25) is 13.9 Å². The molecule has 0 radical (unpaired) electrons. The van der Waals surface area contributed by atoms with Gasteiger partial charge in [-0.3, -0.25) is 0 Å². The normalized spacial score (nSPS) is 20.2. The van der Waals surface area contributed by atoms with Crippen LogP contribution in [0.25, 0.3) is 11.1 Å². The molecular formula is C20H16N2Se2. The molecule has 0 saturated carbocycles. The van der Waals surface area contributed by atoms with E-state index < -0.39 is 0 Å². The second-order valence-electron chi connectivity index (χ2n) is 5.47. The molecule has 2 nitrogen and oxygen atoms in total. The number of benzene rings is 2. The van der Waals surface area contributed by atoms with Crippen molar-refractivity contribution in [3.8, 4) is 12.1 Å².